The third kappa shape index (κ3) is 7.41. The molecule has 0 aromatic carbocycles. The lowest BCUT2D eigenvalue weighted by Gasteiger charge is -2.18. The maximum atomic E-state index is 2.37. The van der Waals surface area contributed by atoms with E-state index in [1.54, 1.807) is 0 Å². The monoisotopic (exact) mass is 198 g/mol. The fourth-order valence-electron chi connectivity index (χ4n) is 2.20. The van der Waals surface area contributed by atoms with E-state index in [0.29, 0.717) is 0 Å². The van der Waals surface area contributed by atoms with Gasteiger partial charge in [-0.15, -0.1) is 0 Å². The minimum Gasteiger partial charge on any atom is -0.0654 e. The van der Waals surface area contributed by atoms with Crippen LogP contribution in [0.25, 0.3) is 0 Å². The standard InChI is InChI=1S/C14H30/c1-5-7-8-9-10-11-12-14(6-2)13(3)4/h13-14H,5-12H2,1-4H3. The second-order valence-electron chi connectivity index (χ2n) is 4.97. The van der Waals surface area contributed by atoms with Crippen LogP contribution in [0.15, 0.2) is 0 Å². The largest absolute Gasteiger partial charge is 0.0654 e. The molecule has 0 aliphatic rings. The second kappa shape index (κ2) is 9.55. The third-order valence-corrected chi connectivity index (χ3v) is 3.40. The third-order valence-electron chi connectivity index (χ3n) is 3.40. The maximum Gasteiger partial charge on any atom is -0.0394 e. The fraction of sp³-hybridized carbons (Fsp3) is 1.00. The van der Waals surface area contributed by atoms with Crippen molar-refractivity contribution in [2.45, 2.75) is 79.1 Å². The summed E-state index contributed by atoms with van der Waals surface area (Å²) in [7, 11) is 0. The van der Waals surface area contributed by atoms with Gasteiger partial charge in [0.1, 0.15) is 0 Å². The Labute approximate surface area is 91.5 Å². The van der Waals surface area contributed by atoms with Crippen molar-refractivity contribution in [3.05, 3.63) is 0 Å². The van der Waals surface area contributed by atoms with Gasteiger partial charge in [0.15, 0.2) is 0 Å². The van der Waals surface area contributed by atoms with Gasteiger partial charge in [0.05, 0.1) is 0 Å². The molecule has 0 aromatic rings. The van der Waals surface area contributed by atoms with Crippen LogP contribution in [-0.4, -0.2) is 0 Å². The van der Waals surface area contributed by atoms with Crippen molar-refractivity contribution in [3.8, 4) is 0 Å². The molecule has 0 N–H and O–H groups in total. The minimum atomic E-state index is 0.885. The van der Waals surface area contributed by atoms with E-state index < -0.39 is 0 Å². The predicted octanol–water partition coefficient (Wildman–Crippen LogP) is 5.42. The second-order valence-corrected chi connectivity index (χ2v) is 4.97. The Hall–Kier alpha value is 0. The number of unbranched alkanes of at least 4 members (excludes halogenated alkanes) is 5. The van der Waals surface area contributed by atoms with E-state index in [1.165, 1.54) is 51.4 Å². The van der Waals surface area contributed by atoms with Gasteiger partial charge in [-0.3, -0.25) is 0 Å². The minimum absolute atomic E-state index is 0.885. The Morgan fingerprint density at radius 2 is 1.36 bits per heavy atom. The Kier molecular flexibility index (Phi) is 9.55. The van der Waals surface area contributed by atoms with Gasteiger partial charge in [0.25, 0.3) is 0 Å². The number of hydrogen-bond acceptors (Lipinski definition) is 0. The smallest absolute Gasteiger partial charge is 0.0394 e. The molecule has 0 bridgehead atoms. The summed E-state index contributed by atoms with van der Waals surface area (Å²) in [5.74, 6) is 1.86. The zero-order chi connectivity index (χ0) is 10.8. The van der Waals surface area contributed by atoms with Gasteiger partial charge in [-0.2, -0.15) is 0 Å². The quantitative estimate of drug-likeness (QED) is 0.434. The van der Waals surface area contributed by atoms with Crippen LogP contribution in [0.3, 0.4) is 0 Å². The van der Waals surface area contributed by atoms with Crippen LogP contribution in [0, 0.1) is 11.8 Å². The fourth-order valence-corrected chi connectivity index (χ4v) is 2.20. The summed E-state index contributed by atoms with van der Waals surface area (Å²) >= 11 is 0. The summed E-state index contributed by atoms with van der Waals surface area (Å²) in [6.45, 7) is 9.35. The van der Waals surface area contributed by atoms with Gasteiger partial charge in [-0.05, 0) is 11.8 Å². The molecule has 0 aromatic heterocycles. The highest BCUT2D eigenvalue weighted by Crippen LogP contribution is 2.22. The predicted molar refractivity (Wildman–Crippen MR) is 66.6 cm³/mol. The molecule has 0 aliphatic heterocycles. The van der Waals surface area contributed by atoms with E-state index in [9.17, 15) is 0 Å². The number of rotatable bonds is 9. The van der Waals surface area contributed by atoms with Gasteiger partial charge < -0.3 is 0 Å². The van der Waals surface area contributed by atoms with Gasteiger partial charge in [0, 0.05) is 0 Å². The van der Waals surface area contributed by atoms with Gasteiger partial charge in [-0.1, -0.05) is 79.1 Å². The van der Waals surface area contributed by atoms with Gasteiger partial charge in [-0.25, -0.2) is 0 Å². The first kappa shape index (κ1) is 14.0. The van der Waals surface area contributed by atoms with Crippen molar-refractivity contribution in [1.82, 2.24) is 0 Å². The topological polar surface area (TPSA) is 0 Å². The average molecular weight is 198 g/mol. The van der Waals surface area contributed by atoms with Crippen LogP contribution in [0.5, 0.6) is 0 Å². The molecule has 14 heavy (non-hydrogen) atoms. The zero-order valence-electron chi connectivity index (χ0n) is 10.8. The molecule has 86 valence electrons. The number of hydrogen-bond donors (Lipinski definition) is 0. The summed E-state index contributed by atoms with van der Waals surface area (Å²) in [4.78, 5) is 0. The van der Waals surface area contributed by atoms with E-state index >= 15 is 0 Å². The summed E-state index contributed by atoms with van der Waals surface area (Å²) < 4.78 is 0. The molecular formula is C14H30. The molecule has 1 atom stereocenters. The van der Waals surface area contributed by atoms with E-state index in [1.807, 2.05) is 0 Å². The maximum absolute atomic E-state index is 2.37. The molecule has 0 nitrogen and oxygen atoms in total. The highest BCUT2D eigenvalue weighted by Gasteiger charge is 2.09. The lowest BCUT2D eigenvalue weighted by molar-refractivity contribution is 0.335. The Morgan fingerprint density at radius 3 is 1.86 bits per heavy atom. The first-order chi connectivity index (χ1) is 6.72. The van der Waals surface area contributed by atoms with E-state index in [-0.39, 0.29) is 0 Å². The molecule has 0 rings (SSSR count). The van der Waals surface area contributed by atoms with Crippen LogP contribution < -0.4 is 0 Å². The van der Waals surface area contributed by atoms with Crippen molar-refractivity contribution in [3.63, 3.8) is 0 Å². The van der Waals surface area contributed by atoms with Crippen LogP contribution in [0.1, 0.15) is 79.1 Å². The summed E-state index contributed by atoms with van der Waals surface area (Å²) in [5, 5.41) is 0. The molecule has 0 saturated heterocycles. The Morgan fingerprint density at radius 1 is 0.786 bits per heavy atom. The van der Waals surface area contributed by atoms with E-state index in [4.69, 9.17) is 0 Å². The molecule has 0 amide bonds. The van der Waals surface area contributed by atoms with Crippen molar-refractivity contribution >= 4 is 0 Å². The van der Waals surface area contributed by atoms with E-state index in [2.05, 4.69) is 27.7 Å². The highest BCUT2D eigenvalue weighted by molar-refractivity contribution is 4.61. The lowest BCUT2D eigenvalue weighted by Crippen LogP contribution is -2.06. The van der Waals surface area contributed by atoms with Crippen LogP contribution in [-0.2, 0) is 0 Å². The first-order valence-corrected chi connectivity index (χ1v) is 6.72. The molecule has 1 unspecified atom stereocenters. The molecular weight excluding hydrogens is 168 g/mol. The molecule has 0 heterocycles. The van der Waals surface area contributed by atoms with Crippen molar-refractivity contribution in [1.29, 1.82) is 0 Å². The van der Waals surface area contributed by atoms with Crippen LogP contribution >= 0.6 is 0 Å². The summed E-state index contributed by atoms with van der Waals surface area (Å²) in [6.07, 6.45) is 11.5. The van der Waals surface area contributed by atoms with Crippen molar-refractivity contribution in [2.24, 2.45) is 11.8 Å². The normalized spacial score (nSPS) is 13.5. The van der Waals surface area contributed by atoms with Crippen molar-refractivity contribution < 1.29 is 0 Å². The molecule has 0 aliphatic carbocycles. The van der Waals surface area contributed by atoms with Crippen LogP contribution in [0.4, 0.5) is 0 Å². The zero-order valence-corrected chi connectivity index (χ0v) is 10.8. The Bertz CT molecular complexity index is 105. The molecule has 0 saturated carbocycles. The summed E-state index contributed by atoms with van der Waals surface area (Å²) in [6, 6.07) is 0. The average Bonchev–Trinajstić information content (AvgIpc) is 2.16. The molecule has 0 spiro atoms. The molecule has 0 fully saturated rings. The Balaban J connectivity index is 3.25. The van der Waals surface area contributed by atoms with Gasteiger partial charge >= 0.3 is 0 Å². The van der Waals surface area contributed by atoms with E-state index in [0.717, 1.165) is 11.8 Å². The van der Waals surface area contributed by atoms with Crippen LogP contribution in [0.2, 0.25) is 0 Å². The first-order valence-electron chi connectivity index (χ1n) is 6.72. The molecule has 0 heteroatoms. The van der Waals surface area contributed by atoms with Crippen molar-refractivity contribution in [2.75, 3.05) is 0 Å². The van der Waals surface area contributed by atoms with Gasteiger partial charge in [0.2, 0.25) is 0 Å². The SMILES string of the molecule is CCCCCCCCC(CC)C(C)C. The lowest BCUT2D eigenvalue weighted by atomic mass is 9.88. The highest BCUT2D eigenvalue weighted by atomic mass is 14.2. The summed E-state index contributed by atoms with van der Waals surface area (Å²) in [5.41, 5.74) is 0. The molecule has 0 radical (unpaired) electrons.